The molecular formula is C15H22ClNO3. The van der Waals surface area contributed by atoms with Crippen molar-refractivity contribution in [3.8, 4) is 11.5 Å². The molecule has 4 nitrogen and oxygen atoms in total. The van der Waals surface area contributed by atoms with Gasteiger partial charge < -0.3 is 19.9 Å². The smallest absolute Gasteiger partial charge is 0.167 e. The molecule has 0 aromatic heterocycles. The van der Waals surface area contributed by atoms with E-state index in [9.17, 15) is 5.11 Å². The Morgan fingerprint density at radius 2 is 2.10 bits per heavy atom. The van der Waals surface area contributed by atoms with Gasteiger partial charge in [-0.1, -0.05) is 11.6 Å². The Balaban J connectivity index is 2.33. The van der Waals surface area contributed by atoms with Crippen LogP contribution in [0, 0.1) is 0 Å². The molecule has 1 aromatic carbocycles. The van der Waals surface area contributed by atoms with E-state index in [4.69, 9.17) is 21.1 Å². The van der Waals surface area contributed by atoms with Crippen molar-refractivity contribution in [3.63, 3.8) is 0 Å². The molecule has 0 spiro atoms. The molecule has 1 aromatic rings. The fourth-order valence-corrected chi connectivity index (χ4v) is 2.81. The van der Waals surface area contributed by atoms with Crippen LogP contribution in [0.1, 0.15) is 37.4 Å². The standard InChI is InChI=1S/C15H22ClNO3/c1-17-9-13(18)12-7-10(16)8-14(19-2)15(12)20-11-5-3-4-6-11/h7-8,11,13,17-18H,3-6,9H2,1-2H3. The lowest BCUT2D eigenvalue weighted by Gasteiger charge is -2.22. The first-order chi connectivity index (χ1) is 9.65. The topological polar surface area (TPSA) is 50.7 Å². The van der Waals surface area contributed by atoms with Gasteiger partial charge in [-0.25, -0.2) is 0 Å². The number of nitrogens with one attached hydrogen (secondary N) is 1. The summed E-state index contributed by atoms with van der Waals surface area (Å²) in [6.45, 7) is 0.435. The summed E-state index contributed by atoms with van der Waals surface area (Å²) in [4.78, 5) is 0. The Labute approximate surface area is 125 Å². The summed E-state index contributed by atoms with van der Waals surface area (Å²) >= 11 is 6.09. The normalized spacial score (nSPS) is 17.2. The van der Waals surface area contributed by atoms with Crippen molar-refractivity contribution in [2.45, 2.75) is 37.9 Å². The van der Waals surface area contributed by atoms with Crippen molar-refractivity contribution in [2.75, 3.05) is 20.7 Å². The number of halogens is 1. The molecule has 112 valence electrons. The number of methoxy groups -OCH3 is 1. The molecule has 1 unspecified atom stereocenters. The lowest BCUT2D eigenvalue weighted by atomic mass is 10.1. The molecule has 1 aliphatic carbocycles. The minimum atomic E-state index is -0.677. The average Bonchev–Trinajstić information content (AvgIpc) is 2.93. The summed E-state index contributed by atoms with van der Waals surface area (Å²) in [5.74, 6) is 1.20. The molecular weight excluding hydrogens is 278 g/mol. The summed E-state index contributed by atoms with van der Waals surface area (Å²) in [6.07, 6.45) is 4.00. The van der Waals surface area contributed by atoms with E-state index in [1.165, 1.54) is 12.8 Å². The molecule has 0 saturated heterocycles. The molecule has 0 heterocycles. The predicted molar refractivity (Wildman–Crippen MR) is 79.8 cm³/mol. The monoisotopic (exact) mass is 299 g/mol. The van der Waals surface area contributed by atoms with E-state index in [0.717, 1.165) is 12.8 Å². The van der Waals surface area contributed by atoms with E-state index in [2.05, 4.69) is 5.32 Å². The third-order valence-corrected chi connectivity index (χ3v) is 3.83. The minimum Gasteiger partial charge on any atom is -0.493 e. The van der Waals surface area contributed by atoms with Gasteiger partial charge in [0.05, 0.1) is 19.3 Å². The van der Waals surface area contributed by atoms with Crippen molar-refractivity contribution in [1.29, 1.82) is 0 Å². The quantitative estimate of drug-likeness (QED) is 0.848. The third kappa shape index (κ3) is 3.57. The lowest BCUT2D eigenvalue weighted by molar-refractivity contribution is 0.156. The van der Waals surface area contributed by atoms with Crippen molar-refractivity contribution < 1.29 is 14.6 Å². The van der Waals surface area contributed by atoms with Crippen molar-refractivity contribution in [2.24, 2.45) is 0 Å². The van der Waals surface area contributed by atoms with Crippen LogP contribution in [0.25, 0.3) is 0 Å². The number of likely N-dealkylation sites (N-methyl/N-ethyl adjacent to an activating group) is 1. The van der Waals surface area contributed by atoms with Gasteiger partial charge in [-0.3, -0.25) is 0 Å². The van der Waals surface area contributed by atoms with E-state index in [1.807, 2.05) is 0 Å². The van der Waals surface area contributed by atoms with Crippen LogP contribution in [0.2, 0.25) is 5.02 Å². The van der Waals surface area contributed by atoms with Crippen molar-refractivity contribution in [1.82, 2.24) is 5.32 Å². The predicted octanol–water partition coefficient (Wildman–Crippen LogP) is 2.92. The molecule has 2 N–H and O–H groups in total. The highest BCUT2D eigenvalue weighted by atomic mass is 35.5. The number of hydrogen-bond acceptors (Lipinski definition) is 4. The van der Waals surface area contributed by atoms with Crippen LogP contribution < -0.4 is 14.8 Å². The molecule has 0 aliphatic heterocycles. The van der Waals surface area contributed by atoms with Crippen LogP contribution in [-0.4, -0.2) is 31.9 Å². The first-order valence-corrected chi connectivity index (χ1v) is 7.40. The lowest BCUT2D eigenvalue weighted by Crippen LogP contribution is -2.19. The summed E-state index contributed by atoms with van der Waals surface area (Å²) in [7, 11) is 3.38. The van der Waals surface area contributed by atoms with Gasteiger partial charge in [0.25, 0.3) is 0 Å². The second-order valence-corrected chi connectivity index (χ2v) is 5.56. The highest BCUT2D eigenvalue weighted by molar-refractivity contribution is 6.30. The number of ether oxygens (including phenoxy) is 2. The summed E-state index contributed by atoms with van der Waals surface area (Å²) in [5.41, 5.74) is 0.676. The Kier molecular flexibility index (Phi) is 5.52. The van der Waals surface area contributed by atoms with Gasteiger partial charge in [0, 0.05) is 23.2 Å². The third-order valence-electron chi connectivity index (χ3n) is 3.61. The fourth-order valence-electron chi connectivity index (χ4n) is 2.59. The molecule has 20 heavy (non-hydrogen) atoms. The maximum atomic E-state index is 10.3. The molecule has 5 heteroatoms. The van der Waals surface area contributed by atoms with E-state index >= 15 is 0 Å². The fraction of sp³-hybridized carbons (Fsp3) is 0.600. The Morgan fingerprint density at radius 1 is 1.40 bits per heavy atom. The number of aliphatic hydroxyl groups is 1. The van der Waals surface area contributed by atoms with Gasteiger partial charge >= 0.3 is 0 Å². The van der Waals surface area contributed by atoms with Gasteiger partial charge in [0.15, 0.2) is 11.5 Å². The molecule has 0 radical (unpaired) electrons. The SMILES string of the molecule is CNCC(O)c1cc(Cl)cc(OC)c1OC1CCCC1. The summed E-state index contributed by atoms with van der Waals surface area (Å²) in [6, 6.07) is 3.47. The average molecular weight is 300 g/mol. The number of aliphatic hydroxyl groups excluding tert-OH is 1. The van der Waals surface area contributed by atoms with E-state index < -0.39 is 6.10 Å². The van der Waals surface area contributed by atoms with Crippen LogP contribution in [0.4, 0.5) is 0 Å². The molecule has 1 aliphatic rings. The van der Waals surface area contributed by atoms with E-state index in [0.29, 0.717) is 28.6 Å². The van der Waals surface area contributed by atoms with Gasteiger partial charge in [0.2, 0.25) is 0 Å². The molecule has 2 rings (SSSR count). The maximum absolute atomic E-state index is 10.3. The molecule has 1 fully saturated rings. The van der Waals surface area contributed by atoms with E-state index in [-0.39, 0.29) is 6.10 Å². The highest BCUT2D eigenvalue weighted by Crippen LogP contribution is 2.40. The Hall–Kier alpha value is -0.970. The van der Waals surface area contributed by atoms with Gasteiger partial charge in [-0.15, -0.1) is 0 Å². The first-order valence-electron chi connectivity index (χ1n) is 7.02. The van der Waals surface area contributed by atoms with Crippen LogP contribution in [-0.2, 0) is 0 Å². The zero-order valence-electron chi connectivity index (χ0n) is 12.0. The zero-order chi connectivity index (χ0) is 14.5. The maximum Gasteiger partial charge on any atom is 0.167 e. The van der Waals surface area contributed by atoms with Gasteiger partial charge in [0.1, 0.15) is 0 Å². The largest absolute Gasteiger partial charge is 0.493 e. The molecule has 1 atom stereocenters. The van der Waals surface area contributed by atoms with Crippen LogP contribution >= 0.6 is 11.6 Å². The number of hydrogen-bond donors (Lipinski definition) is 2. The van der Waals surface area contributed by atoms with Crippen LogP contribution in [0.3, 0.4) is 0 Å². The summed E-state index contributed by atoms with van der Waals surface area (Å²) in [5, 5.41) is 13.8. The molecule has 0 amide bonds. The summed E-state index contributed by atoms with van der Waals surface area (Å²) < 4.78 is 11.4. The number of rotatable bonds is 6. The van der Waals surface area contributed by atoms with Crippen molar-refractivity contribution >= 4 is 11.6 Å². The second-order valence-electron chi connectivity index (χ2n) is 5.12. The molecule has 1 saturated carbocycles. The molecule has 0 bridgehead atoms. The second kappa shape index (κ2) is 7.16. The highest BCUT2D eigenvalue weighted by Gasteiger charge is 2.24. The van der Waals surface area contributed by atoms with E-state index in [1.54, 1.807) is 26.3 Å². The Bertz CT molecular complexity index is 447. The minimum absolute atomic E-state index is 0.200. The van der Waals surface area contributed by atoms with Gasteiger partial charge in [-0.05, 0) is 38.8 Å². The number of benzene rings is 1. The zero-order valence-corrected chi connectivity index (χ0v) is 12.7. The van der Waals surface area contributed by atoms with Crippen molar-refractivity contribution in [3.05, 3.63) is 22.7 Å². The first kappa shape index (κ1) is 15.4. The van der Waals surface area contributed by atoms with Gasteiger partial charge in [-0.2, -0.15) is 0 Å². The van der Waals surface area contributed by atoms with Crippen LogP contribution in [0.15, 0.2) is 12.1 Å². The Morgan fingerprint density at radius 3 is 2.70 bits per heavy atom. The van der Waals surface area contributed by atoms with Crippen LogP contribution in [0.5, 0.6) is 11.5 Å².